The second-order valence-corrected chi connectivity index (χ2v) is 6.48. The van der Waals surface area contributed by atoms with Crippen molar-refractivity contribution in [1.29, 1.82) is 0 Å². The molecule has 144 valence electrons. The maximum atomic E-state index is 12.5. The van der Waals surface area contributed by atoms with Crippen LogP contribution in [0.3, 0.4) is 0 Å². The summed E-state index contributed by atoms with van der Waals surface area (Å²) >= 11 is 0. The molecule has 0 spiro atoms. The molecule has 1 aromatic heterocycles. The van der Waals surface area contributed by atoms with Crippen molar-refractivity contribution < 1.29 is 14.1 Å². The van der Waals surface area contributed by atoms with Crippen molar-refractivity contribution in [3.8, 4) is 11.5 Å². The van der Waals surface area contributed by atoms with Crippen molar-refractivity contribution in [2.24, 2.45) is 0 Å². The summed E-state index contributed by atoms with van der Waals surface area (Å²) in [7, 11) is 0. The molecule has 1 heterocycles. The van der Waals surface area contributed by atoms with Gasteiger partial charge in [0.05, 0.1) is 4.92 Å². The number of nitrogens with one attached hydrogen (secondary N) is 1. The molecule has 1 amide bonds. The molecule has 7 nitrogen and oxygen atoms in total. The van der Waals surface area contributed by atoms with Crippen molar-refractivity contribution in [1.82, 2.24) is 4.98 Å². The maximum absolute atomic E-state index is 12.5. The number of hydrogen-bond acceptors (Lipinski definition) is 5. The Kier molecular flexibility index (Phi) is 4.78. The van der Waals surface area contributed by atoms with Gasteiger partial charge in [0.2, 0.25) is 5.89 Å². The van der Waals surface area contributed by atoms with Gasteiger partial charge in [-0.2, -0.15) is 0 Å². The Balaban J connectivity index is 1.63. The molecule has 0 bridgehead atoms. The minimum atomic E-state index is -0.575. The molecule has 0 fully saturated rings. The quantitative estimate of drug-likeness (QED) is 0.374. The van der Waals surface area contributed by atoms with E-state index in [9.17, 15) is 14.9 Å². The third-order valence-corrected chi connectivity index (χ3v) is 4.57. The van der Waals surface area contributed by atoms with Gasteiger partial charge in [-0.25, -0.2) is 4.98 Å². The average molecular weight is 387 g/mol. The summed E-state index contributed by atoms with van der Waals surface area (Å²) in [5, 5.41) is 13.9. The molecule has 0 aliphatic heterocycles. The third kappa shape index (κ3) is 3.70. The van der Waals surface area contributed by atoms with Gasteiger partial charge in [0.25, 0.3) is 11.6 Å². The molecule has 0 atom stereocenters. The monoisotopic (exact) mass is 387 g/mol. The predicted octanol–water partition coefficient (Wildman–Crippen LogP) is 5.22. The van der Waals surface area contributed by atoms with E-state index in [0.29, 0.717) is 22.7 Å². The van der Waals surface area contributed by atoms with Gasteiger partial charge in [-0.15, -0.1) is 0 Å². The van der Waals surface area contributed by atoms with Crippen LogP contribution in [0.5, 0.6) is 0 Å². The number of carbonyl (C=O) groups excluding carboxylic acids is 1. The summed E-state index contributed by atoms with van der Waals surface area (Å²) in [6.45, 7) is 2.07. The van der Waals surface area contributed by atoms with Gasteiger partial charge in [0.15, 0.2) is 5.58 Å². The lowest BCUT2D eigenvalue weighted by Crippen LogP contribution is -2.13. The van der Waals surface area contributed by atoms with Crippen molar-refractivity contribution in [3.63, 3.8) is 0 Å². The molecular weight excluding hydrogens is 370 g/mol. The molecule has 0 aliphatic rings. The zero-order valence-electron chi connectivity index (χ0n) is 15.6. The lowest BCUT2D eigenvalue weighted by Gasteiger charge is -2.06. The van der Waals surface area contributed by atoms with Crippen LogP contribution in [0.15, 0.2) is 71.1 Å². The molecule has 29 heavy (non-hydrogen) atoms. The number of anilines is 1. The van der Waals surface area contributed by atoms with Crippen LogP contribution in [0, 0.1) is 10.1 Å². The molecule has 7 heteroatoms. The van der Waals surface area contributed by atoms with Gasteiger partial charge < -0.3 is 9.73 Å². The standard InChI is InChI=1S/C22H17N3O4/c1-2-14-10-11-20-18(12-14)24-22(29-20)15-6-5-7-16(13-15)23-21(26)17-8-3-4-9-19(17)25(27)28/h3-13H,2H2,1H3,(H,23,26). The molecule has 4 rings (SSSR count). The summed E-state index contributed by atoms with van der Waals surface area (Å²) in [6.07, 6.45) is 0.908. The number of rotatable bonds is 5. The first-order chi connectivity index (χ1) is 14.0. The molecular formula is C22H17N3O4. The van der Waals surface area contributed by atoms with E-state index in [-0.39, 0.29) is 11.3 Å². The summed E-state index contributed by atoms with van der Waals surface area (Å²) < 4.78 is 5.84. The normalized spacial score (nSPS) is 10.8. The fraction of sp³-hybridized carbons (Fsp3) is 0.0909. The number of nitrogens with zero attached hydrogens (tertiary/aromatic N) is 2. The van der Waals surface area contributed by atoms with Crippen molar-refractivity contribution in [3.05, 3.63) is 88.0 Å². The summed E-state index contributed by atoms with van der Waals surface area (Å²) in [5.74, 6) is -0.116. The molecule has 1 N–H and O–H groups in total. The second kappa shape index (κ2) is 7.55. The van der Waals surface area contributed by atoms with Gasteiger partial charge in [0.1, 0.15) is 11.1 Å². The number of nitro benzene ring substituents is 1. The lowest BCUT2D eigenvalue weighted by molar-refractivity contribution is -0.385. The average Bonchev–Trinajstić information content (AvgIpc) is 3.17. The highest BCUT2D eigenvalue weighted by molar-refractivity contribution is 6.07. The van der Waals surface area contributed by atoms with Gasteiger partial charge in [-0.1, -0.05) is 31.2 Å². The zero-order chi connectivity index (χ0) is 20.4. The highest BCUT2D eigenvalue weighted by atomic mass is 16.6. The smallest absolute Gasteiger partial charge is 0.282 e. The van der Waals surface area contributed by atoms with Gasteiger partial charge in [0, 0.05) is 17.3 Å². The molecule has 0 saturated carbocycles. The number of fused-ring (bicyclic) bond motifs is 1. The SMILES string of the molecule is CCc1ccc2oc(-c3cccc(NC(=O)c4ccccc4[N+](=O)[O-])c3)nc2c1. The summed E-state index contributed by atoms with van der Waals surface area (Å²) in [4.78, 5) is 27.7. The molecule has 0 unspecified atom stereocenters. The Morgan fingerprint density at radius 2 is 1.93 bits per heavy atom. The number of benzene rings is 3. The number of hydrogen-bond donors (Lipinski definition) is 1. The Labute approximate surface area is 166 Å². The van der Waals surface area contributed by atoms with Crippen LogP contribution in [0.2, 0.25) is 0 Å². The predicted molar refractivity (Wildman–Crippen MR) is 110 cm³/mol. The summed E-state index contributed by atoms with van der Waals surface area (Å²) in [6, 6.07) is 18.7. The van der Waals surface area contributed by atoms with E-state index in [4.69, 9.17) is 4.42 Å². The fourth-order valence-electron chi connectivity index (χ4n) is 3.07. The number of aromatic nitrogens is 1. The number of aryl methyl sites for hydroxylation is 1. The van der Waals surface area contributed by atoms with Gasteiger partial charge >= 0.3 is 0 Å². The van der Waals surface area contributed by atoms with Gasteiger partial charge in [-0.05, 0) is 48.4 Å². The third-order valence-electron chi connectivity index (χ3n) is 4.57. The highest BCUT2D eigenvalue weighted by Crippen LogP contribution is 2.27. The van der Waals surface area contributed by atoms with Crippen LogP contribution in [0.25, 0.3) is 22.6 Å². The summed E-state index contributed by atoms with van der Waals surface area (Å²) in [5.41, 5.74) is 3.56. The minimum absolute atomic E-state index is 0.00291. The molecule has 3 aromatic carbocycles. The van der Waals surface area contributed by atoms with E-state index in [1.165, 1.54) is 23.8 Å². The topological polar surface area (TPSA) is 98.3 Å². The van der Waals surface area contributed by atoms with Crippen LogP contribution in [-0.4, -0.2) is 15.8 Å². The van der Waals surface area contributed by atoms with E-state index in [2.05, 4.69) is 17.2 Å². The van der Waals surface area contributed by atoms with Crippen molar-refractivity contribution in [2.45, 2.75) is 13.3 Å². The molecule has 0 aliphatic carbocycles. The van der Waals surface area contributed by atoms with Crippen LogP contribution < -0.4 is 5.32 Å². The molecule has 4 aromatic rings. The van der Waals surface area contributed by atoms with Crippen molar-refractivity contribution >= 4 is 28.4 Å². The Morgan fingerprint density at radius 1 is 1.10 bits per heavy atom. The van der Waals surface area contributed by atoms with Crippen LogP contribution in [0.1, 0.15) is 22.8 Å². The van der Waals surface area contributed by atoms with E-state index in [1.807, 2.05) is 24.3 Å². The van der Waals surface area contributed by atoms with E-state index in [0.717, 1.165) is 11.9 Å². The van der Waals surface area contributed by atoms with E-state index < -0.39 is 10.8 Å². The zero-order valence-corrected chi connectivity index (χ0v) is 15.6. The lowest BCUT2D eigenvalue weighted by atomic mass is 10.1. The highest BCUT2D eigenvalue weighted by Gasteiger charge is 2.19. The number of para-hydroxylation sites is 1. The second-order valence-electron chi connectivity index (χ2n) is 6.48. The number of amides is 1. The Morgan fingerprint density at radius 3 is 2.72 bits per heavy atom. The first-order valence-electron chi connectivity index (χ1n) is 9.10. The fourth-order valence-corrected chi connectivity index (χ4v) is 3.07. The van der Waals surface area contributed by atoms with E-state index in [1.54, 1.807) is 24.3 Å². The number of carbonyl (C=O) groups is 1. The van der Waals surface area contributed by atoms with Crippen molar-refractivity contribution in [2.75, 3.05) is 5.32 Å². The van der Waals surface area contributed by atoms with Gasteiger partial charge in [-0.3, -0.25) is 14.9 Å². The number of nitro groups is 1. The Hall–Kier alpha value is -4.00. The van der Waals surface area contributed by atoms with Crippen LogP contribution >= 0.6 is 0 Å². The maximum Gasteiger partial charge on any atom is 0.282 e. The largest absolute Gasteiger partial charge is 0.436 e. The molecule has 0 saturated heterocycles. The van der Waals surface area contributed by atoms with Crippen LogP contribution in [0.4, 0.5) is 11.4 Å². The first kappa shape index (κ1) is 18.4. The first-order valence-corrected chi connectivity index (χ1v) is 9.10. The van der Waals surface area contributed by atoms with Crippen LogP contribution in [-0.2, 0) is 6.42 Å². The molecule has 0 radical (unpaired) electrons. The minimum Gasteiger partial charge on any atom is -0.436 e. The number of oxazole rings is 1. The Bertz CT molecular complexity index is 1230. The van der Waals surface area contributed by atoms with E-state index >= 15 is 0 Å².